The van der Waals surface area contributed by atoms with Gasteiger partial charge >= 0.3 is 0 Å². The average Bonchev–Trinajstić information content (AvgIpc) is 2.79. The Balaban J connectivity index is 3.00. The van der Waals surface area contributed by atoms with Crippen molar-refractivity contribution in [3.05, 3.63) is 36.0 Å². The first kappa shape index (κ1) is 15.2. The van der Waals surface area contributed by atoms with Crippen LogP contribution in [0.2, 0.25) is 0 Å². The van der Waals surface area contributed by atoms with Crippen molar-refractivity contribution in [3.8, 4) is 5.88 Å². The molecule has 4 heteroatoms. The van der Waals surface area contributed by atoms with E-state index in [9.17, 15) is 4.79 Å². The lowest BCUT2D eigenvalue weighted by molar-refractivity contribution is 0.0998. The third kappa shape index (κ3) is 4.09. The number of rotatable bonds is 7. The molecule has 0 aliphatic carbocycles. The van der Waals surface area contributed by atoms with E-state index in [2.05, 4.69) is 18.8 Å². The molecule has 0 bridgehead atoms. The highest BCUT2D eigenvalue weighted by Gasteiger charge is 2.13. The maximum absolute atomic E-state index is 11.5. The Bertz CT molecular complexity index is 484. The number of hydrogen-bond donors (Lipinski definition) is 0. The molecule has 1 rings (SSSR count). The normalized spacial score (nSPS) is 12.1. The maximum atomic E-state index is 11.5. The van der Waals surface area contributed by atoms with Crippen LogP contribution in [0.4, 0.5) is 0 Å². The van der Waals surface area contributed by atoms with Gasteiger partial charge in [-0.05, 0) is 31.9 Å². The molecule has 0 radical (unpaired) electrons. The molecule has 1 aromatic heterocycles. The Hall–Kier alpha value is -1.84. The number of hydrogen-bond acceptors (Lipinski definition) is 3. The summed E-state index contributed by atoms with van der Waals surface area (Å²) in [6.07, 6.45) is 9.44. The van der Waals surface area contributed by atoms with Gasteiger partial charge in [-0.15, -0.1) is 0 Å². The van der Waals surface area contributed by atoms with Crippen molar-refractivity contribution in [3.63, 3.8) is 0 Å². The highest BCUT2D eigenvalue weighted by molar-refractivity contribution is 5.90. The summed E-state index contributed by atoms with van der Waals surface area (Å²) >= 11 is 0. The first-order chi connectivity index (χ1) is 9.13. The molecule has 0 unspecified atom stereocenters. The Labute approximate surface area is 114 Å². The second-order valence-corrected chi connectivity index (χ2v) is 4.15. The largest absolute Gasteiger partial charge is 0.439 e. The van der Waals surface area contributed by atoms with Gasteiger partial charge in [0, 0.05) is 13.5 Å². The zero-order chi connectivity index (χ0) is 14.3. The molecule has 0 saturated heterocycles. The van der Waals surface area contributed by atoms with Crippen LogP contribution in [0.5, 0.6) is 5.88 Å². The maximum Gasteiger partial charge on any atom is 0.220 e. The minimum absolute atomic E-state index is 0.0539. The predicted octanol–water partition coefficient (Wildman–Crippen LogP) is 3.74. The summed E-state index contributed by atoms with van der Waals surface area (Å²) in [5.41, 5.74) is 0. The van der Waals surface area contributed by atoms with E-state index in [0.29, 0.717) is 18.2 Å². The molecular weight excluding hydrogens is 240 g/mol. The van der Waals surface area contributed by atoms with E-state index >= 15 is 0 Å². The second kappa shape index (κ2) is 7.56. The zero-order valence-electron chi connectivity index (χ0n) is 12.1. The van der Waals surface area contributed by atoms with Crippen LogP contribution in [0.3, 0.4) is 0 Å². The fourth-order valence-corrected chi connectivity index (χ4v) is 1.73. The highest BCUT2D eigenvalue weighted by atomic mass is 16.5. The van der Waals surface area contributed by atoms with E-state index in [1.165, 1.54) is 6.92 Å². The van der Waals surface area contributed by atoms with Crippen LogP contribution < -0.4 is 4.74 Å². The van der Waals surface area contributed by atoms with Crippen LogP contribution >= 0.6 is 0 Å². The van der Waals surface area contributed by atoms with Gasteiger partial charge in [0.15, 0.2) is 11.6 Å². The molecule has 1 heterocycles. The molecular formula is C15H22N2O2. The molecule has 19 heavy (non-hydrogen) atoms. The number of ketones is 1. The number of ether oxygens (including phenoxy) is 1. The number of imidazole rings is 1. The van der Waals surface area contributed by atoms with Crippen molar-refractivity contribution in [2.75, 3.05) is 0 Å². The lowest BCUT2D eigenvalue weighted by atomic mass is 10.3. The topological polar surface area (TPSA) is 44.1 Å². The molecule has 0 N–H and O–H groups in total. The van der Waals surface area contributed by atoms with E-state index in [1.807, 2.05) is 25.2 Å². The fraction of sp³-hybridized carbons (Fsp3) is 0.467. The number of carbonyl (C=O) groups excluding carboxylic acids is 1. The van der Waals surface area contributed by atoms with E-state index < -0.39 is 0 Å². The summed E-state index contributed by atoms with van der Waals surface area (Å²) in [7, 11) is 0. The minimum Gasteiger partial charge on any atom is -0.439 e. The predicted molar refractivity (Wildman–Crippen MR) is 76.3 cm³/mol. The van der Waals surface area contributed by atoms with Crippen LogP contribution in [0.25, 0.3) is 0 Å². The first-order valence-corrected chi connectivity index (χ1v) is 6.74. The molecule has 0 fully saturated rings. The Kier molecular flexibility index (Phi) is 6.06. The van der Waals surface area contributed by atoms with Gasteiger partial charge in [0.2, 0.25) is 5.88 Å². The van der Waals surface area contributed by atoms with Gasteiger partial charge in [0.1, 0.15) is 5.76 Å². The molecule has 0 aliphatic heterocycles. The average molecular weight is 262 g/mol. The van der Waals surface area contributed by atoms with Gasteiger partial charge < -0.3 is 4.74 Å². The molecule has 0 aromatic carbocycles. The molecule has 0 saturated carbocycles. The number of nitrogens with zero attached hydrogens (tertiary/aromatic N) is 2. The number of carbonyl (C=O) groups is 1. The third-order valence-corrected chi connectivity index (χ3v) is 2.60. The molecule has 0 spiro atoms. The number of allylic oxidation sites excluding steroid dienone is 3. The highest BCUT2D eigenvalue weighted by Crippen LogP contribution is 2.18. The van der Waals surface area contributed by atoms with Gasteiger partial charge in [0.25, 0.3) is 0 Å². The Morgan fingerprint density at radius 2 is 2.11 bits per heavy atom. The lowest BCUT2D eigenvalue weighted by Crippen LogP contribution is -2.08. The second-order valence-electron chi connectivity index (χ2n) is 4.15. The van der Waals surface area contributed by atoms with E-state index in [1.54, 1.807) is 10.8 Å². The molecule has 4 nitrogen and oxygen atoms in total. The first-order valence-electron chi connectivity index (χ1n) is 6.74. The molecule has 0 amide bonds. The van der Waals surface area contributed by atoms with E-state index in [0.717, 1.165) is 18.6 Å². The zero-order valence-corrected chi connectivity index (χ0v) is 12.1. The van der Waals surface area contributed by atoms with Crippen molar-refractivity contribution in [2.45, 2.75) is 47.1 Å². The summed E-state index contributed by atoms with van der Waals surface area (Å²) in [6, 6.07) is 0. The van der Waals surface area contributed by atoms with Crippen LogP contribution in [-0.4, -0.2) is 15.3 Å². The molecule has 104 valence electrons. The Morgan fingerprint density at radius 1 is 1.37 bits per heavy atom. The standard InChI is InChI=1S/C15H22N2O2/c1-5-8-10-13(9-6-2)19-14-11-16-15(12(4)18)17(14)7-3/h8-11H,5-7H2,1-4H3/b10-8-,13-9+. The van der Waals surface area contributed by atoms with E-state index in [4.69, 9.17) is 4.74 Å². The summed E-state index contributed by atoms with van der Waals surface area (Å²) in [5.74, 6) is 1.77. The van der Waals surface area contributed by atoms with Crippen molar-refractivity contribution >= 4 is 5.78 Å². The van der Waals surface area contributed by atoms with Gasteiger partial charge in [0.05, 0.1) is 6.20 Å². The molecule has 0 atom stereocenters. The summed E-state index contributed by atoms with van der Waals surface area (Å²) in [4.78, 5) is 15.6. The van der Waals surface area contributed by atoms with Gasteiger partial charge in [-0.1, -0.05) is 19.9 Å². The van der Waals surface area contributed by atoms with Crippen LogP contribution in [0.1, 0.15) is 51.2 Å². The lowest BCUT2D eigenvalue weighted by Gasteiger charge is -2.09. The van der Waals surface area contributed by atoms with E-state index in [-0.39, 0.29) is 5.78 Å². The smallest absolute Gasteiger partial charge is 0.220 e. The van der Waals surface area contributed by atoms with Crippen molar-refractivity contribution in [1.29, 1.82) is 0 Å². The summed E-state index contributed by atoms with van der Waals surface area (Å²) in [5, 5.41) is 0. The third-order valence-electron chi connectivity index (χ3n) is 2.60. The molecule has 1 aromatic rings. The van der Waals surface area contributed by atoms with Crippen LogP contribution in [-0.2, 0) is 6.54 Å². The monoisotopic (exact) mass is 262 g/mol. The van der Waals surface area contributed by atoms with Crippen molar-refractivity contribution in [2.24, 2.45) is 0 Å². The van der Waals surface area contributed by atoms with Crippen molar-refractivity contribution < 1.29 is 9.53 Å². The fourth-order valence-electron chi connectivity index (χ4n) is 1.73. The number of Topliss-reactive ketones (excluding diaryl/α,β-unsaturated/α-hetero) is 1. The van der Waals surface area contributed by atoms with Crippen molar-refractivity contribution in [1.82, 2.24) is 9.55 Å². The van der Waals surface area contributed by atoms with Crippen LogP contribution in [0.15, 0.2) is 30.2 Å². The summed E-state index contributed by atoms with van der Waals surface area (Å²) in [6.45, 7) is 8.26. The quantitative estimate of drug-likeness (QED) is 0.427. The summed E-state index contributed by atoms with van der Waals surface area (Å²) < 4.78 is 7.62. The SMILES string of the molecule is CC/C=C\C(=C/CC)Oc1cnc(C(C)=O)n1CC. The minimum atomic E-state index is -0.0539. The van der Waals surface area contributed by atoms with Gasteiger partial charge in [-0.25, -0.2) is 4.98 Å². The Morgan fingerprint density at radius 3 is 2.63 bits per heavy atom. The number of aromatic nitrogens is 2. The van der Waals surface area contributed by atoms with Crippen LogP contribution in [0, 0.1) is 0 Å². The van der Waals surface area contributed by atoms with Gasteiger partial charge in [-0.3, -0.25) is 9.36 Å². The van der Waals surface area contributed by atoms with Gasteiger partial charge in [-0.2, -0.15) is 0 Å². The molecule has 0 aliphatic rings.